The monoisotopic (exact) mass is 452 g/mol. The van der Waals surface area contributed by atoms with Crippen LogP contribution in [0, 0.1) is 0 Å². The van der Waals surface area contributed by atoms with Gasteiger partial charge in [-0.15, -0.1) is 0 Å². The quantitative estimate of drug-likeness (QED) is 0.661. The first-order valence-corrected chi connectivity index (χ1v) is 9.46. The normalized spacial score (nSPS) is 17.4. The van der Waals surface area contributed by atoms with Crippen molar-refractivity contribution in [1.29, 1.82) is 0 Å². The van der Waals surface area contributed by atoms with Crippen LogP contribution in [0.2, 0.25) is 5.02 Å². The number of nitrogens with zero attached hydrogens (tertiary/aromatic N) is 2. The van der Waals surface area contributed by atoms with Crippen molar-refractivity contribution >= 4 is 62.1 Å². The van der Waals surface area contributed by atoms with E-state index in [0.29, 0.717) is 25.8 Å². The summed E-state index contributed by atoms with van der Waals surface area (Å²) in [5.41, 5.74) is 1.17. The highest BCUT2D eigenvalue weighted by molar-refractivity contribution is 9.10. The topological polar surface area (TPSA) is 62.1 Å². The Labute approximate surface area is 168 Å². The number of aromatic hydroxyl groups is 1. The minimum absolute atomic E-state index is 0.0704. The Bertz CT molecular complexity index is 929. The van der Waals surface area contributed by atoms with Crippen LogP contribution in [0.25, 0.3) is 6.08 Å². The van der Waals surface area contributed by atoms with Gasteiger partial charge in [0.05, 0.1) is 22.7 Å². The summed E-state index contributed by atoms with van der Waals surface area (Å²) in [5.74, 6) is 0.469. The minimum Gasteiger partial charge on any atom is -0.506 e. The Morgan fingerprint density at radius 3 is 2.65 bits per heavy atom. The van der Waals surface area contributed by atoms with Gasteiger partial charge in [0.15, 0.2) is 5.17 Å². The molecule has 1 fully saturated rings. The lowest BCUT2D eigenvalue weighted by Crippen LogP contribution is -2.23. The van der Waals surface area contributed by atoms with E-state index < -0.39 is 0 Å². The summed E-state index contributed by atoms with van der Waals surface area (Å²) in [6, 6.07) is 10.5. The molecule has 0 saturated carbocycles. The second kappa shape index (κ2) is 7.73. The van der Waals surface area contributed by atoms with Crippen LogP contribution in [0.4, 0.5) is 5.69 Å². The molecule has 1 N–H and O–H groups in total. The number of halogens is 2. The van der Waals surface area contributed by atoms with Gasteiger partial charge in [0.1, 0.15) is 11.5 Å². The molecule has 1 amide bonds. The van der Waals surface area contributed by atoms with Gasteiger partial charge >= 0.3 is 0 Å². The Kier molecular flexibility index (Phi) is 5.60. The summed E-state index contributed by atoms with van der Waals surface area (Å²) in [6.07, 6.45) is 1.60. The van der Waals surface area contributed by atoms with E-state index in [1.807, 2.05) is 12.1 Å². The molecule has 2 aromatic carbocycles. The van der Waals surface area contributed by atoms with Crippen molar-refractivity contribution in [2.75, 3.05) is 14.2 Å². The first kappa shape index (κ1) is 18.8. The summed E-state index contributed by atoms with van der Waals surface area (Å²) in [7, 11) is 3.26. The maximum atomic E-state index is 12.5. The molecule has 1 saturated heterocycles. The second-order valence-electron chi connectivity index (χ2n) is 5.39. The van der Waals surface area contributed by atoms with Crippen molar-refractivity contribution in [2.24, 2.45) is 4.99 Å². The molecule has 0 aromatic heterocycles. The zero-order valence-electron chi connectivity index (χ0n) is 13.9. The van der Waals surface area contributed by atoms with Gasteiger partial charge < -0.3 is 9.84 Å². The first-order chi connectivity index (χ1) is 12.4. The molecule has 8 heteroatoms. The Morgan fingerprint density at radius 2 is 2.00 bits per heavy atom. The summed E-state index contributed by atoms with van der Waals surface area (Å²) >= 11 is 10.5. The van der Waals surface area contributed by atoms with Crippen LogP contribution in [-0.2, 0) is 4.79 Å². The average Bonchev–Trinajstić information content (AvgIpc) is 2.88. The predicted octanol–water partition coefficient (Wildman–Crippen LogP) is 5.05. The molecule has 1 aliphatic heterocycles. The highest BCUT2D eigenvalue weighted by Gasteiger charge is 2.30. The van der Waals surface area contributed by atoms with Crippen molar-refractivity contribution in [2.45, 2.75) is 0 Å². The van der Waals surface area contributed by atoms with Crippen LogP contribution in [0.5, 0.6) is 11.5 Å². The van der Waals surface area contributed by atoms with Gasteiger partial charge in [-0.25, -0.2) is 4.99 Å². The highest BCUT2D eigenvalue weighted by atomic mass is 79.9. The molecule has 3 rings (SSSR count). The van der Waals surface area contributed by atoms with Crippen molar-refractivity contribution in [1.82, 2.24) is 4.90 Å². The zero-order chi connectivity index (χ0) is 18.8. The van der Waals surface area contributed by atoms with Gasteiger partial charge in [-0.05, 0) is 54.2 Å². The lowest BCUT2D eigenvalue weighted by atomic mass is 10.2. The smallest absolute Gasteiger partial charge is 0.266 e. The van der Waals surface area contributed by atoms with Gasteiger partial charge in [0.25, 0.3) is 5.91 Å². The molecule has 26 heavy (non-hydrogen) atoms. The molecule has 0 bridgehead atoms. The first-order valence-electron chi connectivity index (χ1n) is 7.47. The standard InChI is InChI=1S/C18H14BrClN2O3S/c1-22-17(24)15(8-10-7-11(19)9-14(20)16(10)23)26-18(22)21-12-3-5-13(25-2)6-4-12/h3-9,23H,1-2H3. The molecule has 0 atom stereocenters. The molecule has 0 spiro atoms. The average molecular weight is 454 g/mol. The molecule has 1 aliphatic rings. The Balaban J connectivity index is 1.92. The molecule has 134 valence electrons. The third-order valence-electron chi connectivity index (χ3n) is 3.65. The van der Waals surface area contributed by atoms with Crippen LogP contribution in [-0.4, -0.2) is 35.2 Å². The number of rotatable bonds is 3. The van der Waals surface area contributed by atoms with Crippen LogP contribution in [0.3, 0.4) is 0 Å². The third kappa shape index (κ3) is 3.90. The fourth-order valence-corrected chi connectivity index (χ4v) is 4.07. The van der Waals surface area contributed by atoms with E-state index in [9.17, 15) is 9.90 Å². The number of thioether (sulfide) groups is 1. The molecule has 2 aromatic rings. The van der Waals surface area contributed by atoms with Crippen LogP contribution >= 0.6 is 39.3 Å². The van der Waals surface area contributed by atoms with Gasteiger partial charge in [-0.2, -0.15) is 0 Å². The summed E-state index contributed by atoms with van der Waals surface area (Å²) in [5, 5.41) is 10.9. The number of methoxy groups -OCH3 is 1. The minimum atomic E-state index is -0.197. The number of amidine groups is 1. The molecule has 0 aliphatic carbocycles. The number of carbonyl (C=O) groups excluding carboxylic acids is 1. The Hall–Kier alpha value is -1.96. The van der Waals surface area contributed by atoms with E-state index in [1.165, 1.54) is 16.7 Å². The number of carbonyl (C=O) groups is 1. The fraction of sp³-hybridized carbons (Fsp3) is 0.111. The number of ether oxygens (including phenoxy) is 1. The highest BCUT2D eigenvalue weighted by Crippen LogP contribution is 2.37. The van der Waals surface area contributed by atoms with E-state index in [4.69, 9.17) is 16.3 Å². The van der Waals surface area contributed by atoms with E-state index in [2.05, 4.69) is 20.9 Å². The molecule has 5 nitrogen and oxygen atoms in total. The number of benzene rings is 2. The summed E-state index contributed by atoms with van der Waals surface area (Å²) < 4.78 is 5.84. The number of phenols is 1. The number of phenolic OH excluding ortho intramolecular Hbond substituents is 1. The van der Waals surface area contributed by atoms with Gasteiger partial charge in [-0.1, -0.05) is 27.5 Å². The maximum absolute atomic E-state index is 12.5. The summed E-state index contributed by atoms with van der Waals surface area (Å²) in [6.45, 7) is 0. The number of amides is 1. The van der Waals surface area contributed by atoms with E-state index >= 15 is 0 Å². The van der Waals surface area contributed by atoms with Crippen LogP contribution in [0.1, 0.15) is 5.56 Å². The van der Waals surface area contributed by atoms with E-state index in [1.54, 1.807) is 44.5 Å². The number of aliphatic imine (C=N–C) groups is 1. The number of likely N-dealkylation sites (N-methyl/N-ethyl adjacent to an activating group) is 1. The predicted molar refractivity (Wildman–Crippen MR) is 109 cm³/mol. The van der Waals surface area contributed by atoms with E-state index in [0.717, 1.165) is 5.75 Å². The molecular formula is C18H14BrClN2O3S. The van der Waals surface area contributed by atoms with Crippen molar-refractivity contribution in [3.8, 4) is 11.5 Å². The molecule has 1 heterocycles. The Morgan fingerprint density at radius 1 is 1.31 bits per heavy atom. The largest absolute Gasteiger partial charge is 0.506 e. The van der Waals surface area contributed by atoms with Crippen molar-refractivity contribution in [3.05, 3.63) is 56.4 Å². The molecule has 0 unspecified atom stereocenters. The lowest BCUT2D eigenvalue weighted by Gasteiger charge is -2.07. The van der Waals surface area contributed by atoms with Crippen molar-refractivity contribution < 1.29 is 14.6 Å². The van der Waals surface area contributed by atoms with Crippen molar-refractivity contribution in [3.63, 3.8) is 0 Å². The third-order valence-corrected chi connectivity index (χ3v) is 5.45. The zero-order valence-corrected chi connectivity index (χ0v) is 17.0. The van der Waals surface area contributed by atoms with Crippen LogP contribution < -0.4 is 4.74 Å². The van der Waals surface area contributed by atoms with Gasteiger partial charge in [-0.3, -0.25) is 9.69 Å². The van der Waals surface area contributed by atoms with Gasteiger partial charge in [0.2, 0.25) is 0 Å². The van der Waals surface area contributed by atoms with Gasteiger partial charge in [0, 0.05) is 17.1 Å². The number of hydrogen-bond acceptors (Lipinski definition) is 5. The number of hydrogen-bond donors (Lipinski definition) is 1. The molecule has 0 radical (unpaired) electrons. The molecular weight excluding hydrogens is 440 g/mol. The van der Waals surface area contributed by atoms with Crippen LogP contribution in [0.15, 0.2) is 50.8 Å². The maximum Gasteiger partial charge on any atom is 0.266 e. The van der Waals surface area contributed by atoms with E-state index in [-0.39, 0.29) is 16.7 Å². The fourth-order valence-electron chi connectivity index (χ4n) is 2.26. The summed E-state index contributed by atoms with van der Waals surface area (Å²) in [4.78, 5) is 18.9. The SMILES string of the molecule is COc1ccc(N=C2SC(=Cc3cc(Br)cc(Cl)c3O)C(=O)N2C)cc1. The second-order valence-corrected chi connectivity index (χ2v) is 7.72. The lowest BCUT2D eigenvalue weighted by molar-refractivity contribution is -0.121.